The zero-order chi connectivity index (χ0) is 22.1. The summed E-state index contributed by atoms with van der Waals surface area (Å²) < 4.78 is 30.5. The highest BCUT2D eigenvalue weighted by atomic mass is 79.9. The van der Waals surface area contributed by atoms with Gasteiger partial charge in [-0.1, -0.05) is 40.2 Å². The Bertz CT molecular complexity index is 1030. The highest BCUT2D eigenvalue weighted by Gasteiger charge is 2.35. The number of carbonyl (C=O) groups is 1. The molecule has 1 heterocycles. The molecule has 1 unspecified atom stereocenters. The molecule has 3 rings (SSSR count). The van der Waals surface area contributed by atoms with Gasteiger partial charge in [-0.25, -0.2) is 13.2 Å². The minimum absolute atomic E-state index is 0.244. The first-order chi connectivity index (χ1) is 14.0. The first kappa shape index (κ1) is 22.6. The lowest BCUT2D eigenvalue weighted by molar-refractivity contribution is 0.0137. The number of carbonyl (C=O) groups excluding carboxylic acids is 1. The number of hydrogen-bond acceptors (Lipinski definition) is 5. The van der Waals surface area contributed by atoms with Crippen LogP contribution in [0.25, 0.3) is 0 Å². The molecule has 0 aliphatic carbocycles. The summed E-state index contributed by atoms with van der Waals surface area (Å²) in [5, 5.41) is 0. The lowest BCUT2D eigenvalue weighted by Gasteiger charge is -2.43. The highest BCUT2D eigenvalue weighted by molar-refractivity contribution is 9.10. The molecule has 0 radical (unpaired) electrons. The average molecular weight is 495 g/mol. The van der Waals surface area contributed by atoms with E-state index in [1.165, 1.54) is 6.26 Å². The maximum atomic E-state index is 12.9. The molecule has 1 saturated heterocycles. The maximum Gasteiger partial charge on any atom is 0.410 e. The van der Waals surface area contributed by atoms with Crippen molar-refractivity contribution in [1.29, 1.82) is 0 Å². The Labute approximate surface area is 186 Å². The molecule has 1 atom stereocenters. The molecule has 0 spiro atoms. The summed E-state index contributed by atoms with van der Waals surface area (Å²) in [5.41, 5.74) is 1.21. The Morgan fingerprint density at radius 2 is 1.80 bits per heavy atom. The van der Waals surface area contributed by atoms with Crippen molar-refractivity contribution in [2.75, 3.05) is 30.8 Å². The molecule has 0 bridgehead atoms. The van der Waals surface area contributed by atoms with Gasteiger partial charge < -0.3 is 9.64 Å². The van der Waals surface area contributed by atoms with Crippen LogP contribution in [0.15, 0.2) is 57.9 Å². The first-order valence-electron chi connectivity index (χ1n) is 9.75. The Morgan fingerprint density at radius 1 is 1.10 bits per heavy atom. The topological polar surface area (TPSA) is 66.9 Å². The summed E-state index contributed by atoms with van der Waals surface area (Å²) in [6.45, 7) is 7.12. The lowest BCUT2D eigenvalue weighted by Crippen LogP contribution is -2.52. The average Bonchev–Trinajstić information content (AvgIpc) is 2.66. The van der Waals surface area contributed by atoms with Crippen LogP contribution in [0.5, 0.6) is 0 Å². The summed E-state index contributed by atoms with van der Waals surface area (Å²) >= 11 is 3.61. The van der Waals surface area contributed by atoms with Crippen molar-refractivity contribution in [3.63, 3.8) is 0 Å². The third kappa shape index (κ3) is 5.35. The number of halogens is 1. The fourth-order valence-corrected chi connectivity index (χ4v) is 4.69. The van der Waals surface area contributed by atoms with Crippen LogP contribution in [0.4, 0.5) is 10.5 Å². The molecule has 2 aromatic carbocycles. The van der Waals surface area contributed by atoms with Crippen molar-refractivity contribution in [1.82, 2.24) is 4.90 Å². The van der Waals surface area contributed by atoms with E-state index in [0.717, 1.165) is 15.7 Å². The largest absolute Gasteiger partial charge is 0.444 e. The third-order valence-electron chi connectivity index (χ3n) is 4.88. The van der Waals surface area contributed by atoms with E-state index in [2.05, 4.69) is 20.8 Å². The monoisotopic (exact) mass is 494 g/mol. The van der Waals surface area contributed by atoms with Crippen molar-refractivity contribution in [2.45, 2.75) is 37.3 Å². The summed E-state index contributed by atoms with van der Waals surface area (Å²) in [4.78, 5) is 17.1. The number of nitrogens with zero attached hydrogens (tertiary/aromatic N) is 2. The van der Waals surface area contributed by atoms with E-state index in [0.29, 0.717) is 19.6 Å². The minimum atomic E-state index is -3.30. The van der Waals surface area contributed by atoms with Gasteiger partial charge in [0.25, 0.3) is 0 Å². The van der Waals surface area contributed by atoms with Gasteiger partial charge in [0.2, 0.25) is 0 Å². The zero-order valence-corrected chi connectivity index (χ0v) is 20.0. The number of rotatable bonds is 3. The van der Waals surface area contributed by atoms with E-state index >= 15 is 0 Å². The first-order valence-corrected chi connectivity index (χ1v) is 12.4. The fourth-order valence-electron chi connectivity index (χ4n) is 3.48. The molecule has 1 aliphatic rings. The van der Waals surface area contributed by atoms with Gasteiger partial charge in [0.1, 0.15) is 5.60 Å². The van der Waals surface area contributed by atoms with Crippen LogP contribution in [-0.4, -0.2) is 50.9 Å². The van der Waals surface area contributed by atoms with Crippen molar-refractivity contribution in [3.05, 3.63) is 58.6 Å². The molecule has 2 aromatic rings. The van der Waals surface area contributed by atoms with Crippen molar-refractivity contribution < 1.29 is 17.9 Å². The number of ether oxygens (including phenoxy) is 1. The summed E-state index contributed by atoms with van der Waals surface area (Å²) in [6, 6.07) is 14.5. The predicted octanol–water partition coefficient (Wildman–Crippen LogP) is 4.65. The second-order valence-corrected chi connectivity index (χ2v) is 11.3. The quantitative estimate of drug-likeness (QED) is 0.620. The van der Waals surface area contributed by atoms with Gasteiger partial charge in [0, 0.05) is 36.1 Å². The molecule has 6 nitrogen and oxygen atoms in total. The van der Waals surface area contributed by atoms with Crippen LogP contribution in [0, 0.1) is 0 Å². The van der Waals surface area contributed by atoms with Crippen molar-refractivity contribution >= 4 is 37.5 Å². The van der Waals surface area contributed by atoms with Crippen LogP contribution in [0.2, 0.25) is 0 Å². The van der Waals surface area contributed by atoms with Crippen molar-refractivity contribution in [3.8, 4) is 0 Å². The van der Waals surface area contributed by atoms with Crippen molar-refractivity contribution in [2.24, 2.45) is 0 Å². The molecule has 0 saturated carbocycles. The Balaban J connectivity index is 1.95. The standard InChI is InChI=1S/C22H27BrN2O4S/c1-22(2,3)29-21(26)25-13-12-24(15-20(25)18-10-5-6-11-19(18)23)16-8-7-9-17(14-16)30(4,27)28/h5-11,14,20H,12-13,15H2,1-4H3. The molecule has 1 fully saturated rings. The summed E-state index contributed by atoms with van der Waals surface area (Å²) in [5.74, 6) is 0. The predicted molar refractivity (Wildman–Crippen MR) is 122 cm³/mol. The lowest BCUT2D eigenvalue weighted by atomic mass is 10.0. The summed E-state index contributed by atoms with van der Waals surface area (Å²) in [7, 11) is -3.30. The second kappa shape index (κ2) is 8.59. The van der Waals surface area contributed by atoms with Crippen LogP contribution in [0.1, 0.15) is 32.4 Å². The highest BCUT2D eigenvalue weighted by Crippen LogP contribution is 2.34. The van der Waals surface area contributed by atoms with E-state index in [9.17, 15) is 13.2 Å². The number of hydrogen-bond donors (Lipinski definition) is 0. The molecule has 8 heteroatoms. The zero-order valence-electron chi connectivity index (χ0n) is 17.6. The number of sulfone groups is 1. The SMILES string of the molecule is CC(C)(C)OC(=O)N1CCN(c2cccc(S(C)(=O)=O)c2)CC1c1ccccc1Br. The molecule has 0 N–H and O–H groups in total. The molecule has 0 aromatic heterocycles. The molecular formula is C22H27BrN2O4S. The van der Waals surface area contributed by atoms with E-state index in [4.69, 9.17) is 4.74 Å². The second-order valence-electron chi connectivity index (χ2n) is 8.43. The van der Waals surface area contributed by atoms with Crippen LogP contribution >= 0.6 is 15.9 Å². The van der Waals surface area contributed by atoms with Crippen LogP contribution in [0.3, 0.4) is 0 Å². The van der Waals surface area contributed by atoms with Gasteiger partial charge in [0.05, 0.1) is 10.9 Å². The van der Waals surface area contributed by atoms with E-state index in [1.54, 1.807) is 23.1 Å². The Kier molecular flexibility index (Phi) is 6.48. The smallest absolute Gasteiger partial charge is 0.410 e. The van der Waals surface area contributed by atoms with Crippen LogP contribution < -0.4 is 4.90 Å². The Morgan fingerprint density at radius 3 is 2.43 bits per heavy atom. The van der Waals surface area contributed by atoms with E-state index in [1.807, 2.05) is 51.1 Å². The molecule has 1 amide bonds. The van der Waals surface area contributed by atoms with Gasteiger partial charge in [-0.3, -0.25) is 4.90 Å². The number of benzene rings is 2. The van der Waals surface area contributed by atoms with E-state index in [-0.39, 0.29) is 17.0 Å². The summed E-state index contributed by atoms with van der Waals surface area (Å²) in [6.07, 6.45) is 0.851. The molecule has 162 valence electrons. The third-order valence-corrected chi connectivity index (χ3v) is 6.72. The minimum Gasteiger partial charge on any atom is -0.444 e. The number of piperazine rings is 1. The molecular weight excluding hydrogens is 468 g/mol. The van der Waals surface area contributed by atoms with Crippen LogP contribution in [-0.2, 0) is 14.6 Å². The van der Waals surface area contributed by atoms with Gasteiger partial charge in [-0.05, 0) is 50.6 Å². The maximum absolute atomic E-state index is 12.9. The Hall–Kier alpha value is -2.06. The number of anilines is 1. The van der Waals surface area contributed by atoms with Gasteiger partial charge in [-0.15, -0.1) is 0 Å². The van der Waals surface area contributed by atoms with Gasteiger partial charge in [-0.2, -0.15) is 0 Å². The van der Waals surface area contributed by atoms with Gasteiger partial charge >= 0.3 is 6.09 Å². The fraction of sp³-hybridized carbons (Fsp3) is 0.409. The molecule has 1 aliphatic heterocycles. The van der Waals surface area contributed by atoms with E-state index < -0.39 is 15.4 Å². The number of amides is 1. The van der Waals surface area contributed by atoms with Gasteiger partial charge in [0.15, 0.2) is 9.84 Å². The molecule has 30 heavy (non-hydrogen) atoms. The normalized spacial score (nSPS) is 17.7.